The number of carbonyl (C=O) groups excluding carboxylic acids is 1. The second-order valence-corrected chi connectivity index (χ2v) is 7.54. The molecule has 0 N–H and O–H groups in total. The van der Waals surface area contributed by atoms with E-state index in [1.807, 2.05) is 41.4 Å². The van der Waals surface area contributed by atoms with E-state index in [4.69, 9.17) is 0 Å². The van der Waals surface area contributed by atoms with Gasteiger partial charge in [0.05, 0.1) is 0 Å². The minimum atomic E-state index is 0.0305. The van der Waals surface area contributed by atoms with E-state index in [-0.39, 0.29) is 5.91 Å². The summed E-state index contributed by atoms with van der Waals surface area (Å²) in [5, 5.41) is 0. The zero-order valence-electron chi connectivity index (χ0n) is 15.9. The van der Waals surface area contributed by atoms with E-state index in [0.29, 0.717) is 18.8 Å². The fraction of sp³-hybridized carbons (Fsp3) is 0.476. The van der Waals surface area contributed by atoms with Crippen molar-refractivity contribution in [1.29, 1.82) is 0 Å². The second kappa shape index (κ2) is 7.94. The van der Waals surface area contributed by atoms with Gasteiger partial charge in [-0.05, 0) is 43.0 Å². The molecule has 0 atom stereocenters. The van der Waals surface area contributed by atoms with Gasteiger partial charge in [0.15, 0.2) is 0 Å². The third-order valence-corrected chi connectivity index (χ3v) is 5.65. The number of nitrogens with zero attached hydrogens (tertiary/aromatic N) is 5. The standard InChI is InChI=1S/C21H27N5O/c1-17-6-10-24(11-7-17)18-5-9-22-19(16-18)21(27)26-14-12-25(13-15-26)20-4-2-3-8-23-20/h2-5,8-9,16-17H,6-7,10-15H2,1H3. The summed E-state index contributed by atoms with van der Waals surface area (Å²) in [6, 6.07) is 9.92. The molecule has 1 amide bonds. The first-order valence-corrected chi connectivity index (χ1v) is 9.87. The number of piperazine rings is 1. The van der Waals surface area contributed by atoms with Crippen molar-refractivity contribution in [2.24, 2.45) is 5.92 Å². The molecule has 2 fully saturated rings. The zero-order chi connectivity index (χ0) is 18.6. The van der Waals surface area contributed by atoms with Crippen LogP contribution in [0.2, 0.25) is 0 Å². The Kier molecular flexibility index (Phi) is 5.23. The number of aromatic nitrogens is 2. The first kappa shape index (κ1) is 17.8. The zero-order valence-corrected chi connectivity index (χ0v) is 15.9. The summed E-state index contributed by atoms with van der Waals surface area (Å²) < 4.78 is 0. The average Bonchev–Trinajstić information content (AvgIpc) is 2.75. The highest BCUT2D eigenvalue weighted by Gasteiger charge is 2.24. The molecular formula is C21H27N5O. The van der Waals surface area contributed by atoms with Gasteiger partial charge in [-0.2, -0.15) is 0 Å². The Morgan fingerprint density at radius 3 is 2.41 bits per heavy atom. The summed E-state index contributed by atoms with van der Waals surface area (Å²) in [6.45, 7) is 7.41. The molecule has 2 aliphatic heterocycles. The highest BCUT2D eigenvalue weighted by molar-refractivity contribution is 5.93. The van der Waals surface area contributed by atoms with Crippen molar-refractivity contribution in [2.75, 3.05) is 49.1 Å². The topological polar surface area (TPSA) is 52.6 Å². The lowest BCUT2D eigenvalue weighted by Gasteiger charge is -2.35. The first-order valence-electron chi connectivity index (χ1n) is 9.87. The molecule has 0 saturated carbocycles. The van der Waals surface area contributed by atoms with Crippen molar-refractivity contribution >= 4 is 17.4 Å². The predicted molar refractivity (Wildman–Crippen MR) is 107 cm³/mol. The van der Waals surface area contributed by atoms with E-state index in [1.54, 1.807) is 6.20 Å². The molecule has 2 saturated heterocycles. The quantitative estimate of drug-likeness (QED) is 0.837. The van der Waals surface area contributed by atoms with Gasteiger partial charge < -0.3 is 14.7 Å². The van der Waals surface area contributed by atoms with Gasteiger partial charge in [0.25, 0.3) is 5.91 Å². The molecule has 0 radical (unpaired) electrons. The van der Waals surface area contributed by atoms with E-state index < -0.39 is 0 Å². The predicted octanol–water partition coefficient (Wildman–Crippen LogP) is 2.68. The molecule has 142 valence electrons. The number of pyridine rings is 2. The van der Waals surface area contributed by atoms with Crippen molar-refractivity contribution in [2.45, 2.75) is 19.8 Å². The maximum Gasteiger partial charge on any atom is 0.272 e. The van der Waals surface area contributed by atoms with Gasteiger partial charge in [-0.3, -0.25) is 9.78 Å². The van der Waals surface area contributed by atoms with Gasteiger partial charge in [0.1, 0.15) is 11.5 Å². The molecule has 0 aliphatic carbocycles. The normalized spacial score (nSPS) is 18.6. The fourth-order valence-corrected chi connectivity index (χ4v) is 3.84. The minimum absolute atomic E-state index is 0.0305. The Balaban J connectivity index is 1.39. The smallest absolute Gasteiger partial charge is 0.272 e. The van der Waals surface area contributed by atoms with Gasteiger partial charge in [-0.15, -0.1) is 0 Å². The lowest BCUT2D eigenvalue weighted by atomic mass is 9.99. The monoisotopic (exact) mass is 365 g/mol. The molecule has 2 aromatic heterocycles. The molecule has 4 rings (SSSR count). The maximum absolute atomic E-state index is 12.9. The van der Waals surface area contributed by atoms with Gasteiger partial charge in [0, 0.05) is 57.3 Å². The van der Waals surface area contributed by atoms with Crippen molar-refractivity contribution in [1.82, 2.24) is 14.9 Å². The Hall–Kier alpha value is -2.63. The van der Waals surface area contributed by atoms with Crippen LogP contribution in [0.25, 0.3) is 0 Å². The Labute approximate surface area is 160 Å². The summed E-state index contributed by atoms with van der Waals surface area (Å²) in [7, 11) is 0. The SMILES string of the molecule is CC1CCN(c2ccnc(C(=O)N3CCN(c4ccccn4)CC3)c2)CC1. The van der Waals surface area contributed by atoms with Crippen LogP contribution in [0.1, 0.15) is 30.3 Å². The van der Waals surface area contributed by atoms with Crippen LogP contribution in [-0.4, -0.2) is 60.0 Å². The van der Waals surface area contributed by atoms with Gasteiger partial charge in [0.2, 0.25) is 0 Å². The maximum atomic E-state index is 12.9. The summed E-state index contributed by atoms with van der Waals surface area (Å²) in [6.07, 6.45) is 6.00. The van der Waals surface area contributed by atoms with Crippen LogP contribution >= 0.6 is 0 Å². The summed E-state index contributed by atoms with van der Waals surface area (Å²) in [5.41, 5.74) is 1.67. The molecule has 6 heteroatoms. The molecular weight excluding hydrogens is 338 g/mol. The van der Waals surface area contributed by atoms with Crippen molar-refractivity contribution in [3.8, 4) is 0 Å². The van der Waals surface area contributed by atoms with Gasteiger partial charge in [-0.25, -0.2) is 4.98 Å². The van der Waals surface area contributed by atoms with Crippen molar-refractivity contribution in [3.05, 3.63) is 48.4 Å². The molecule has 0 unspecified atom stereocenters. The summed E-state index contributed by atoms with van der Waals surface area (Å²) in [4.78, 5) is 28.2. The van der Waals surface area contributed by atoms with E-state index in [9.17, 15) is 4.79 Å². The minimum Gasteiger partial charge on any atom is -0.371 e. The number of hydrogen-bond acceptors (Lipinski definition) is 5. The van der Waals surface area contributed by atoms with Crippen molar-refractivity contribution < 1.29 is 4.79 Å². The van der Waals surface area contributed by atoms with E-state index in [1.165, 1.54) is 12.8 Å². The highest BCUT2D eigenvalue weighted by Crippen LogP contribution is 2.23. The highest BCUT2D eigenvalue weighted by atomic mass is 16.2. The summed E-state index contributed by atoms with van der Waals surface area (Å²) in [5.74, 6) is 1.80. The number of piperidine rings is 1. The molecule has 0 bridgehead atoms. The number of hydrogen-bond donors (Lipinski definition) is 0. The molecule has 0 aromatic carbocycles. The molecule has 4 heterocycles. The van der Waals surface area contributed by atoms with Crippen LogP contribution in [0.5, 0.6) is 0 Å². The van der Waals surface area contributed by atoms with Crippen LogP contribution in [0, 0.1) is 5.92 Å². The van der Waals surface area contributed by atoms with Crippen molar-refractivity contribution in [3.63, 3.8) is 0 Å². The summed E-state index contributed by atoms with van der Waals surface area (Å²) >= 11 is 0. The van der Waals surface area contributed by atoms with Crippen LogP contribution in [0.15, 0.2) is 42.7 Å². The third kappa shape index (κ3) is 4.04. The molecule has 6 nitrogen and oxygen atoms in total. The fourth-order valence-electron chi connectivity index (χ4n) is 3.84. The van der Waals surface area contributed by atoms with Crippen LogP contribution in [0.3, 0.4) is 0 Å². The molecule has 2 aliphatic rings. The van der Waals surface area contributed by atoms with Gasteiger partial charge in [-0.1, -0.05) is 13.0 Å². The van der Waals surface area contributed by atoms with Crippen LogP contribution in [0.4, 0.5) is 11.5 Å². The Morgan fingerprint density at radius 1 is 0.926 bits per heavy atom. The van der Waals surface area contributed by atoms with E-state index in [0.717, 1.165) is 43.6 Å². The largest absolute Gasteiger partial charge is 0.371 e. The second-order valence-electron chi connectivity index (χ2n) is 7.54. The number of anilines is 2. The van der Waals surface area contributed by atoms with Crippen LogP contribution in [-0.2, 0) is 0 Å². The average molecular weight is 365 g/mol. The lowest BCUT2D eigenvalue weighted by molar-refractivity contribution is 0.0740. The number of rotatable bonds is 3. The van der Waals surface area contributed by atoms with E-state index >= 15 is 0 Å². The molecule has 0 spiro atoms. The number of amides is 1. The first-order chi connectivity index (χ1) is 13.2. The van der Waals surface area contributed by atoms with Gasteiger partial charge >= 0.3 is 0 Å². The lowest BCUT2D eigenvalue weighted by Crippen LogP contribution is -2.49. The Bertz CT molecular complexity index is 765. The molecule has 2 aromatic rings. The number of carbonyl (C=O) groups is 1. The van der Waals surface area contributed by atoms with Crippen LogP contribution < -0.4 is 9.80 Å². The van der Waals surface area contributed by atoms with E-state index in [2.05, 4.69) is 26.7 Å². The molecule has 27 heavy (non-hydrogen) atoms. The third-order valence-electron chi connectivity index (χ3n) is 5.65. The Morgan fingerprint density at radius 2 is 1.70 bits per heavy atom.